The topological polar surface area (TPSA) is 77.8 Å². The van der Waals surface area contributed by atoms with Crippen LogP contribution in [0.5, 0.6) is 0 Å². The van der Waals surface area contributed by atoms with E-state index in [0.717, 1.165) is 37.0 Å². The average molecular weight is 418 g/mol. The Bertz CT molecular complexity index is 773. The van der Waals surface area contributed by atoms with Gasteiger partial charge in [0, 0.05) is 30.7 Å². The summed E-state index contributed by atoms with van der Waals surface area (Å²) in [6.45, 7) is 4.72. The van der Waals surface area contributed by atoms with Crippen molar-refractivity contribution < 1.29 is 19.8 Å². The van der Waals surface area contributed by atoms with E-state index in [1.165, 1.54) is 11.3 Å². The number of carbonyl (C=O) groups excluding carboxylic acids is 1. The maximum absolute atomic E-state index is 12.2. The van der Waals surface area contributed by atoms with Gasteiger partial charge in [-0.25, -0.2) is 4.79 Å². The van der Waals surface area contributed by atoms with Crippen molar-refractivity contribution in [3.63, 3.8) is 0 Å². The van der Waals surface area contributed by atoms with Crippen LogP contribution >= 0.6 is 11.3 Å². The van der Waals surface area contributed by atoms with Crippen LogP contribution in [0.15, 0.2) is 24.3 Å². The van der Waals surface area contributed by atoms with Crippen LogP contribution in [0.3, 0.4) is 0 Å². The summed E-state index contributed by atoms with van der Waals surface area (Å²) in [7, 11) is 0. The second-order valence-corrected chi connectivity index (χ2v) is 8.70. The van der Waals surface area contributed by atoms with Gasteiger partial charge in [0.2, 0.25) is 5.91 Å². The van der Waals surface area contributed by atoms with Crippen molar-refractivity contribution >= 4 is 23.2 Å². The molecule has 6 heteroatoms. The number of unbranched alkanes of at least 4 members (excludes halogenated alkanes) is 1. The highest BCUT2D eigenvalue weighted by Crippen LogP contribution is 2.23. The number of rotatable bonds is 10. The van der Waals surface area contributed by atoms with Gasteiger partial charge in [-0.1, -0.05) is 26.0 Å². The van der Waals surface area contributed by atoms with Gasteiger partial charge in [-0.15, -0.1) is 23.2 Å². The van der Waals surface area contributed by atoms with Crippen LogP contribution in [0.4, 0.5) is 0 Å². The Morgan fingerprint density at radius 3 is 2.90 bits per heavy atom. The zero-order valence-corrected chi connectivity index (χ0v) is 18.1. The van der Waals surface area contributed by atoms with Crippen molar-refractivity contribution in [3.05, 3.63) is 34.0 Å². The van der Waals surface area contributed by atoms with Crippen LogP contribution in [0.2, 0.25) is 0 Å². The molecule has 0 bridgehead atoms. The number of aliphatic hydroxyl groups is 1. The highest BCUT2D eigenvalue weighted by Gasteiger charge is 2.28. The van der Waals surface area contributed by atoms with Gasteiger partial charge in [-0.05, 0) is 43.7 Å². The van der Waals surface area contributed by atoms with Crippen LogP contribution in [0.1, 0.15) is 66.9 Å². The van der Waals surface area contributed by atoms with E-state index in [4.69, 9.17) is 5.11 Å². The molecule has 0 aromatic carbocycles. The number of aromatic carboxylic acids is 1. The number of aryl methyl sites for hydroxylation is 1. The van der Waals surface area contributed by atoms with E-state index in [9.17, 15) is 14.7 Å². The van der Waals surface area contributed by atoms with E-state index in [2.05, 4.69) is 18.8 Å². The standard InChI is InChI=1S/C23H31NO4S/c1-3-4-5-6-8-17(2)20(25)13-10-18-11-15-22(26)24(18)16-7-9-19-12-14-21(29-19)23(27)28/h10,12-14,17-18,20,25H,3-4,7-9,11,15-16H2,1-2H3,(H,27,28)/t17-,18?,20-/m1/s1. The van der Waals surface area contributed by atoms with Crippen LogP contribution in [-0.2, 0) is 11.2 Å². The number of aliphatic hydroxyl groups excluding tert-OH is 1. The molecule has 29 heavy (non-hydrogen) atoms. The Balaban J connectivity index is 1.83. The first-order valence-electron chi connectivity index (χ1n) is 10.4. The van der Waals surface area contributed by atoms with Gasteiger partial charge < -0.3 is 15.1 Å². The summed E-state index contributed by atoms with van der Waals surface area (Å²) in [6.07, 6.45) is 8.65. The van der Waals surface area contributed by atoms with E-state index in [1.54, 1.807) is 12.1 Å². The number of hydrogen-bond acceptors (Lipinski definition) is 4. The summed E-state index contributed by atoms with van der Waals surface area (Å²) in [5, 5.41) is 19.4. The van der Waals surface area contributed by atoms with Crippen molar-refractivity contribution in [2.75, 3.05) is 6.54 Å². The third-order valence-electron chi connectivity index (χ3n) is 5.11. The minimum absolute atomic E-state index is 0.0217. The molecule has 5 nitrogen and oxygen atoms in total. The Hall–Kier alpha value is -2.10. The van der Waals surface area contributed by atoms with E-state index >= 15 is 0 Å². The van der Waals surface area contributed by atoms with Gasteiger partial charge in [-0.3, -0.25) is 4.79 Å². The Morgan fingerprint density at radius 2 is 2.21 bits per heavy atom. The van der Waals surface area contributed by atoms with Crippen LogP contribution < -0.4 is 0 Å². The number of likely N-dealkylation sites (tertiary alicyclic amines) is 1. The monoisotopic (exact) mass is 417 g/mol. The molecule has 3 atom stereocenters. The van der Waals surface area contributed by atoms with Crippen molar-refractivity contribution in [2.45, 2.75) is 70.9 Å². The quantitative estimate of drug-likeness (QED) is 0.443. The Kier molecular flexibility index (Phi) is 9.43. The molecule has 2 heterocycles. The summed E-state index contributed by atoms with van der Waals surface area (Å²) >= 11 is 1.29. The average Bonchev–Trinajstić information content (AvgIpc) is 3.31. The maximum atomic E-state index is 12.2. The minimum atomic E-state index is -0.898. The van der Waals surface area contributed by atoms with Crippen LogP contribution in [-0.4, -0.2) is 45.7 Å². The number of amides is 1. The molecule has 1 aromatic heterocycles. The molecular weight excluding hydrogens is 386 g/mol. The van der Waals surface area contributed by atoms with Crippen molar-refractivity contribution in [1.82, 2.24) is 4.90 Å². The van der Waals surface area contributed by atoms with E-state index in [0.29, 0.717) is 24.3 Å². The third kappa shape index (κ3) is 7.34. The number of carboxylic acids is 1. The van der Waals surface area contributed by atoms with E-state index in [1.807, 2.05) is 24.0 Å². The first-order chi connectivity index (χ1) is 13.9. The molecule has 0 saturated carbocycles. The lowest BCUT2D eigenvalue weighted by molar-refractivity contribution is -0.128. The van der Waals surface area contributed by atoms with Gasteiger partial charge >= 0.3 is 5.97 Å². The molecule has 1 fully saturated rings. The summed E-state index contributed by atoms with van der Waals surface area (Å²) in [5.74, 6) is 5.53. The minimum Gasteiger partial charge on any atom is -0.477 e. The predicted octanol–water partition coefficient (Wildman–Crippen LogP) is 4.12. The van der Waals surface area contributed by atoms with Crippen LogP contribution in [0, 0.1) is 17.8 Å². The summed E-state index contributed by atoms with van der Waals surface area (Å²) in [5.41, 5.74) is 0. The highest BCUT2D eigenvalue weighted by molar-refractivity contribution is 7.13. The van der Waals surface area contributed by atoms with E-state index in [-0.39, 0.29) is 17.9 Å². The molecule has 0 aliphatic carbocycles. The van der Waals surface area contributed by atoms with Gasteiger partial charge in [0.15, 0.2) is 0 Å². The Morgan fingerprint density at radius 1 is 1.41 bits per heavy atom. The fourth-order valence-corrected chi connectivity index (χ4v) is 4.18. The Labute approximate surface area is 177 Å². The SMILES string of the molecule is CCCC#CC[C@@H](C)[C@H](O)C=CC1CCC(=O)N1CCCc1ccc(C(=O)O)s1. The lowest BCUT2D eigenvalue weighted by Crippen LogP contribution is -2.33. The maximum Gasteiger partial charge on any atom is 0.345 e. The molecule has 0 spiro atoms. The second-order valence-electron chi connectivity index (χ2n) is 7.53. The third-order valence-corrected chi connectivity index (χ3v) is 6.24. The summed E-state index contributed by atoms with van der Waals surface area (Å²) in [6, 6.07) is 3.50. The molecule has 158 valence electrons. The molecule has 1 amide bonds. The molecule has 0 radical (unpaired) electrons. The first-order valence-corrected chi connectivity index (χ1v) is 11.2. The largest absolute Gasteiger partial charge is 0.477 e. The molecule has 1 unspecified atom stereocenters. The molecule has 1 aliphatic heterocycles. The summed E-state index contributed by atoms with van der Waals surface area (Å²) in [4.78, 5) is 26.5. The number of carbonyl (C=O) groups is 2. The molecule has 2 rings (SSSR count). The van der Waals surface area contributed by atoms with Gasteiger partial charge in [-0.2, -0.15) is 0 Å². The number of carboxylic acid groups (broad SMARTS) is 1. The molecule has 1 saturated heterocycles. The number of thiophene rings is 1. The predicted molar refractivity (Wildman–Crippen MR) is 116 cm³/mol. The lowest BCUT2D eigenvalue weighted by atomic mass is 10.00. The van der Waals surface area contributed by atoms with Crippen molar-refractivity contribution in [3.8, 4) is 11.8 Å². The lowest BCUT2D eigenvalue weighted by Gasteiger charge is -2.23. The van der Waals surface area contributed by atoms with Crippen molar-refractivity contribution in [1.29, 1.82) is 0 Å². The normalized spacial score (nSPS) is 18.7. The van der Waals surface area contributed by atoms with Gasteiger partial charge in [0.05, 0.1) is 12.1 Å². The molecule has 2 N–H and O–H groups in total. The van der Waals surface area contributed by atoms with Gasteiger partial charge in [0.1, 0.15) is 4.88 Å². The smallest absolute Gasteiger partial charge is 0.345 e. The molecule has 1 aliphatic rings. The fraction of sp³-hybridized carbons (Fsp3) is 0.565. The zero-order chi connectivity index (χ0) is 21.2. The van der Waals surface area contributed by atoms with Crippen molar-refractivity contribution in [2.24, 2.45) is 5.92 Å². The number of hydrogen-bond donors (Lipinski definition) is 2. The molecular formula is C23H31NO4S. The van der Waals surface area contributed by atoms with E-state index < -0.39 is 12.1 Å². The second kappa shape index (κ2) is 11.8. The first kappa shape index (κ1) is 23.2. The zero-order valence-electron chi connectivity index (χ0n) is 17.3. The highest BCUT2D eigenvalue weighted by atomic mass is 32.1. The fourth-order valence-electron chi connectivity index (χ4n) is 3.30. The van der Waals surface area contributed by atoms with Crippen LogP contribution in [0.25, 0.3) is 0 Å². The van der Waals surface area contributed by atoms with Gasteiger partial charge in [0.25, 0.3) is 0 Å². The number of nitrogens with zero attached hydrogens (tertiary/aromatic N) is 1. The summed E-state index contributed by atoms with van der Waals surface area (Å²) < 4.78 is 0. The molecule has 1 aromatic rings.